The fourth-order valence-corrected chi connectivity index (χ4v) is 4.32. The Labute approximate surface area is 171 Å². The molecule has 1 aliphatic heterocycles. The smallest absolute Gasteiger partial charge is 0.343 e. The van der Waals surface area contributed by atoms with Crippen LogP contribution in [0.15, 0.2) is 53.0 Å². The van der Waals surface area contributed by atoms with Crippen molar-refractivity contribution in [3.8, 4) is 5.75 Å². The molecule has 1 aliphatic carbocycles. The summed E-state index contributed by atoms with van der Waals surface area (Å²) in [5, 5.41) is 0. The van der Waals surface area contributed by atoms with E-state index >= 15 is 0 Å². The Bertz CT molecular complexity index is 923. The SMILES string of the molecule is C[C@@H]1CC[C@@H]2C(=O)N(c3ccc(C(=O)Oc4ccc(Br)cc4)cc3)C(=O)[C@H]2C1. The van der Waals surface area contributed by atoms with E-state index in [1.807, 2.05) is 0 Å². The summed E-state index contributed by atoms with van der Waals surface area (Å²) in [6.45, 7) is 2.13. The van der Waals surface area contributed by atoms with Gasteiger partial charge in [-0.15, -0.1) is 0 Å². The third kappa shape index (κ3) is 3.49. The number of ether oxygens (including phenoxy) is 1. The molecular weight excluding hydrogens is 422 g/mol. The maximum absolute atomic E-state index is 12.8. The van der Waals surface area contributed by atoms with Crippen molar-refractivity contribution in [2.24, 2.45) is 17.8 Å². The highest BCUT2D eigenvalue weighted by Gasteiger charge is 2.49. The molecule has 0 bridgehead atoms. The summed E-state index contributed by atoms with van der Waals surface area (Å²) in [7, 11) is 0. The van der Waals surface area contributed by atoms with Gasteiger partial charge < -0.3 is 4.74 Å². The van der Waals surface area contributed by atoms with Crippen LogP contribution in [0.2, 0.25) is 0 Å². The number of nitrogens with zero attached hydrogens (tertiary/aromatic N) is 1. The van der Waals surface area contributed by atoms with Gasteiger partial charge in [0.2, 0.25) is 11.8 Å². The fourth-order valence-electron chi connectivity index (χ4n) is 4.06. The summed E-state index contributed by atoms with van der Waals surface area (Å²) < 4.78 is 6.24. The molecule has 2 amide bonds. The zero-order chi connectivity index (χ0) is 19.8. The van der Waals surface area contributed by atoms with E-state index in [9.17, 15) is 14.4 Å². The van der Waals surface area contributed by atoms with Crippen LogP contribution in [-0.4, -0.2) is 17.8 Å². The molecule has 4 rings (SSSR count). The van der Waals surface area contributed by atoms with E-state index < -0.39 is 5.97 Å². The van der Waals surface area contributed by atoms with E-state index in [1.54, 1.807) is 48.5 Å². The molecule has 2 fully saturated rings. The van der Waals surface area contributed by atoms with Crippen LogP contribution in [0, 0.1) is 17.8 Å². The number of anilines is 1. The van der Waals surface area contributed by atoms with Crippen LogP contribution < -0.4 is 9.64 Å². The molecule has 5 nitrogen and oxygen atoms in total. The van der Waals surface area contributed by atoms with Crippen LogP contribution in [0.1, 0.15) is 36.5 Å². The minimum Gasteiger partial charge on any atom is -0.423 e. The van der Waals surface area contributed by atoms with Gasteiger partial charge in [-0.3, -0.25) is 14.5 Å². The summed E-state index contributed by atoms with van der Waals surface area (Å²) in [5.74, 6) is -0.229. The second kappa shape index (κ2) is 7.51. The van der Waals surface area contributed by atoms with Crippen molar-refractivity contribution in [3.05, 3.63) is 58.6 Å². The lowest BCUT2D eigenvalue weighted by atomic mass is 9.76. The van der Waals surface area contributed by atoms with E-state index in [0.717, 1.165) is 23.7 Å². The Kier molecular flexibility index (Phi) is 5.06. The molecule has 2 aromatic rings. The quantitative estimate of drug-likeness (QED) is 0.396. The van der Waals surface area contributed by atoms with Crippen molar-refractivity contribution < 1.29 is 19.1 Å². The molecule has 6 heteroatoms. The average molecular weight is 442 g/mol. The number of carbonyl (C=O) groups excluding carboxylic acids is 3. The van der Waals surface area contributed by atoms with Crippen molar-refractivity contribution in [2.75, 3.05) is 4.90 Å². The molecular formula is C22H20BrNO4. The van der Waals surface area contributed by atoms with Crippen molar-refractivity contribution in [1.29, 1.82) is 0 Å². The first kappa shape index (κ1) is 18.9. The summed E-state index contributed by atoms with van der Waals surface area (Å²) >= 11 is 3.33. The molecule has 1 saturated carbocycles. The largest absolute Gasteiger partial charge is 0.423 e. The Morgan fingerprint density at radius 1 is 0.964 bits per heavy atom. The minimum absolute atomic E-state index is 0.118. The van der Waals surface area contributed by atoms with Gasteiger partial charge in [-0.25, -0.2) is 4.79 Å². The maximum Gasteiger partial charge on any atom is 0.343 e. The van der Waals surface area contributed by atoms with Crippen LogP contribution in [0.5, 0.6) is 5.75 Å². The second-order valence-corrected chi connectivity index (χ2v) is 8.45. The molecule has 0 aromatic heterocycles. The van der Waals surface area contributed by atoms with Crippen molar-refractivity contribution in [1.82, 2.24) is 0 Å². The fraction of sp³-hybridized carbons (Fsp3) is 0.318. The van der Waals surface area contributed by atoms with Crippen LogP contribution in [-0.2, 0) is 9.59 Å². The van der Waals surface area contributed by atoms with E-state index in [4.69, 9.17) is 4.74 Å². The Morgan fingerprint density at radius 2 is 1.61 bits per heavy atom. The number of halogens is 1. The predicted molar refractivity (Wildman–Crippen MR) is 108 cm³/mol. The molecule has 1 heterocycles. The van der Waals surface area contributed by atoms with Gasteiger partial charge in [-0.1, -0.05) is 22.9 Å². The number of imide groups is 1. The number of amides is 2. The highest BCUT2D eigenvalue weighted by molar-refractivity contribution is 9.10. The molecule has 0 unspecified atom stereocenters. The van der Waals surface area contributed by atoms with E-state index in [0.29, 0.717) is 22.9 Å². The highest BCUT2D eigenvalue weighted by atomic mass is 79.9. The standard InChI is InChI=1S/C22H20BrNO4/c1-13-2-11-18-19(12-13)21(26)24(20(18)25)16-7-3-14(4-8-16)22(27)28-17-9-5-15(23)6-10-17/h3-10,13,18-19H,2,11-12H2,1H3/t13-,18+,19+/m1/s1. The van der Waals surface area contributed by atoms with Gasteiger partial charge in [0.05, 0.1) is 23.1 Å². The first-order valence-electron chi connectivity index (χ1n) is 9.39. The van der Waals surface area contributed by atoms with Gasteiger partial charge in [0, 0.05) is 4.47 Å². The molecule has 0 N–H and O–H groups in total. The number of esters is 1. The normalized spacial score (nSPS) is 24.2. The maximum atomic E-state index is 12.8. The van der Waals surface area contributed by atoms with Crippen LogP contribution in [0.4, 0.5) is 5.69 Å². The van der Waals surface area contributed by atoms with Crippen LogP contribution in [0.3, 0.4) is 0 Å². The van der Waals surface area contributed by atoms with Crippen molar-refractivity contribution in [3.63, 3.8) is 0 Å². The number of carbonyl (C=O) groups is 3. The van der Waals surface area contributed by atoms with Crippen LogP contribution >= 0.6 is 15.9 Å². The van der Waals surface area contributed by atoms with Gasteiger partial charge >= 0.3 is 5.97 Å². The summed E-state index contributed by atoms with van der Waals surface area (Å²) in [4.78, 5) is 39.2. The average Bonchev–Trinajstić information content (AvgIpc) is 2.93. The molecule has 0 spiro atoms. The molecule has 2 aromatic carbocycles. The van der Waals surface area contributed by atoms with Crippen molar-refractivity contribution >= 4 is 39.4 Å². The highest BCUT2D eigenvalue weighted by Crippen LogP contribution is 2.42. The number of fused-ring (bicyclic) bond motifs is 1. The third-order valence-corrected chi connectivity index (χ3v) is 6.10. The Balaban J connectivity index is 1.50. The van der Waals surface area contributed by atoms with E-state index in [2.05, 4.69) is 22.9 Å². The van der Waals surface area contributed by atoms with Gasteiger partial charge in [0.15, 0.2) is 0 Å². The zero-order valence-corrected chi connectivity index (χ0v) is 17.0. The van der Waals surface area contributed by atoms with Gasteiger partial charge in [0.25, 0.3) is 0 Å². The number of rotatable bonds is 3. The molecule has 3 atom stereocenters. The van der Waals surface area contributed by atoms with Crippen molar-refractivity contribution in [2.45, 2.75) is 26.2 Å². The Hall–Kier alpha value is -2.47. The van der Waals surface area contributed by atoms with Gasteiger partial charge in [-0.2, -0.15) is 0 Å². The third-order valence-electron chi connectivity index (χ3n) is 5.57. The first-order chi connectivity index (χ1) is 13.4. The van der Waals surface area contributed by atoms with Gasteiger partial charge in [-0.05, 0) is 73.7 Å². The second-order valence-electron chi connectivity index (χ2n) is 7.53. The lowest BCUT2D eigenvalue weighted by Crippen LogP contribution is -2.30. The molecule has 28 heavy (non-hydrogen) atoms. The predicted octanol–water partition coefficient (Wildman–Crippen LogP) is 4.59. The number of hydrogen-bond acceptors (Lipinski definition) is 4. The number of benzene rings is 2. The zero-order valence-electron chi connectivity index (χ0n) is 15.4. The first-order valence-corrected chi connectivity index (χ1v) is 10.2. The van der Waals surface area contributed by atoms with Gasteiger partial charge in [0.1, 0.15) is 5.75 Å². The van der Waals surface area contributed by atoms with E-state index in [1.165, 1.54) is 4.90 Å². The van der Waals surface area contributed by atoms with Crippen LogP contribution in [0.25, 0.3) is 0 Å². The molecule has 0 radical (unpaired) electrons. The summed E-state index contributed by atoms with van der Waals surface area (Å²) in [6, 6.07) is 13.4. The Morgan fingerprint density at radius 3 is 2.29 bits per heavy atom. The van der Waals surface area contributed by atoms with E-state index in [-0.39, 0.29) is 23.7 Å². The lowest BCUT2D eigenvalue weighted by Gasteiger charge is -2.25. The molecule has 144 valence electrons. The number of hydrogen-bond donors (Lipinski definition) is 0. The topological polar surface area (TPSA) is 63.7 Å². The molecule has 1 saturated heterocycles. The summed E-state index contributed by atoms with van der Waals surface area (Å²) in [6.07, 6.45) is 2.52. The minimum atomic E-state index is -0.490. The molecule has 2 aliphatic rings. The monoisotopic (exact) mass is 441 g/mol. The lowest BCUT2D eigenvalue weighted by molar-refractivity contribution is -0.122. The summed E-state index contributed by atoms with van der Waals surface area (Å²) in [5.41, 5.74) is 0.869.